The zero-order chi connectivity index (χ0) is 12.8. The first-order valence-corrected chi connectivity index (χ1v) is 7.63. The van der Waals surface area contributed by atoms with Gasteiger partial charge in [-0.2, -0.15) is 0 Å². The molecule has 1 aliphatic carbocycles. The molecule has 0 nitrogen and oxygen atoms in total. The van der Waals surface area contributed by atoms with Crippen LogP contribution in [0.2, 0.25) is 0 Å². The molecule has 0 aromatic carbocycles. The number of hydrogen-bond donors (Lipinski definition) is 0. The largest absolute Gasteiger partial charge is 0.0656 e. The van der Waals surface area contributed by atoms with E-state index in [1.54, 1.807) is 0 Å². The maximum atomic E-state index is 2.36. The zero-order valence-corrected chi connectivity index (χ0v) is 12.8. The van der Waals surface area contributed by atoms with Crippen LogP contribution in [0.5, 0.6) is 0 Å². The summed E-state index contributed by atoms with van der Waals surface area (Å²) in [5.74, 6) is 1.99. The fourth-order valence-corrected chi connectivity index (χ4v) is 1.80. The van der Waals surface area contributed by atoms with Crippen LogP contribution in [0.15, 0.2) is 0 Å². The Hall–Kier alpha value is 0. The highest BCUT2D eigenvalue weighted by molar-refractivity contribution is 4.67. The van der Waals surface area contributed by atoms with Gasteiger partial charge in [0.1, 0.15) is 0 Å². The van der Waals surface area contributed by atoms with Gasteiger partial charge in [-0.05, 0) is 11.8 Å². The van der Waals surface area contributed by atoms with Crippen molar-refractivity contribution in [3.05, 3.63) is 0 Å². The summed E-state index contributed by atoms with van der Waals surface area (Å²) < 4.78 is 0. The van der Waals surface area contributed by atoms with E-state index in [0.717, 1.165) is 11.8 Å². The Morgan fingerprint density at radius 1 is 0.812 bits per heavy atom. The van der Waals surface area contributed by atoms with Crippen molar-refractivity contribution in [3.63, 3.8) is 0 Å². The Morgan fingerprint density at radius 3 is 1.38 bits per heavy atom. The van der Waals surface area contributed by atoms with Gasteiger partial charge in [-0.1, -0.05) is 92.9 Å². The normalized spacial score (nSPS) is 15.9. The molecule has 1 fully saturated rings. The summed E-state index contributed by atoms with van der Waals surface area (Å²) >= 11 is 0. The molecule has 0 saturated heterocycles. The average Bonchev–Trinajstić information content (AvgIpc) is 2.31. The fraction of sp³-hybridized carbons (Fsp3) is 1.00. The minimum atomic E-state index is 0.935. The van der Waals surface area contributed by atoms with Crippen molar-refractivity contribution in [3.8, 4) is 0 Å². The summed E-state index contributed by atoms with van der Waals surface area (Å²) in [7, 11) is 0. The molecule has 0 heteroatoms. The molecule has 1 aliphatic rings. The summed E-state index contributed by atoms with van der Waals surface area (Å²) in [6, 6.07) is 0. The Balaban J connectivity index is 0. The van der Waals surface area contributed by atoms with Crippen LogP contribution in [-0.2, 0) is 0 Å². The molecule has 0 heterocycles. The third kappa shape index (κ3) is 14.0. The van der Waals surface area contributed by atoms with Crippen LogP contribution in [0.25, 0.3) is 0 Å². The lowest BCUT2D eigenvalue weighted by atomic mass is 9.82. The fourth-order valence-electron chi connectivity index (χ4n) is 1.80. The maximum absolute atomic E-state index is 2.36. The zero-order valence-electron chi connectivity index (χ0n) is 12.8. The summed E-state index contributed by atoms with van der Waals surface area (Å²) in [6.07, 6.45) is 11.4. The molecule has 0 radical (unpaired) electrons. The van der Waals surface area contributed by atoms with Crippen LogP contribution in [0.3, 0.4) is 0 Å². The Morgan fingerprint density at radius 2 is 1.19 bits per heavy atom. The summed E-state index contributed by atoms with van der Waals surface area (Å²) in [5, 5.41) is 0. The quantitative estimate of drug-likeness (QED) is 0.510. The van der Waals surface area contributed by atoms with Crippen molar-refractivity contribution in [1.29, 1.82) is 0 Å². The van der Waals surface area contributed by atoms with Gasteiger partial charge in [-0.15, -0.1) is 0 Å². The molecular formula is C16H36. The average molecular weight is 228 g/mol. The Labute approximate surface area is 105 Å². The predicted molar refractivity (Wildman–Crippen MR) is 78.0 cm³/mol. The third-order valence-corrected chi connectivity index (χ3v) is 3.09. The molecule has 0 amide bonds. The monoisotopic (exact) mass is 228 g/mol. The number of unbranched alkanes of at least 4 members (excludes halogenated alkanes) is 1. The smallest absolute Gasteiger partial charge is 0.0391 e. The summed E-state index contributed by atoms with van der Waals surface area (Å²) in [6.45, 7) is 13.3. The standard InChI is InChI=1S/C9H18.C4H10.C3H8/c1-8(2)9-6-4-3-5-7-9;1-3-4-2;1-3-2/h8-9H,3-7H2,1-2H3;3-4H2,1-2H3;3H2,1-2H3. The minimum absolute atomic E-state index is 0.935. The second-order valence-electron chi connectivity index (χ2n) is 5.35. The molecule has 1 saturated carbocycles. The van der Waals surface area contributed by atoms with Crippen LogP contribution in [0, 0.1) is 11.8 Å². The van der Waals surface area contributed by atoms with E-state index in [1.165, 1.54) is 51.4 Å². The highest BCUT2D eigenvalue weighted by Crippen LogP contribution is 2.29. The minimum Gasteiger partial charge on any atom is -0.0656 e. The van der Waals surface area contributed by atoms with Gasteiger partial charge in [-0.3, -0.25) is 0 Å². The molecule has 0 spiro atoms. The molecule has 0 N–H and O–H groups in total. The molecule has 16 heavy (non-hydrogen) atoms. The number of hydrogen-bond acceptors (Lipinski definition) is 0. The molecule has 0 aromatic rings. The predicted octanol–water partition coefficient (Wildman–Crippen LogP) is 6.45. The first-order chi connectivity index (χ1) is 7.63. The molecule has 1 rings (SSSR count). The van der Waals surface area contributed by atoms with Gasteiger partial charge in [0.25, 0.3) is 0 Å². The van der Waals surface area contributed by atoms with Crippen molar-refractivity contribution in [2.24, 2.45) is 11.8 Å². The van der Waals surface area contributed by atoms with Gasteiger partial charge in [0.2, 0.25) is 0 Å². The molecule has 0 aliphatic heterocycles. The van der Waals surface area contributed by atoms with Gasteiger partial charge < -0.3 is 0 Å². The topological polar surface area (TPSA) is 0 Å². The third-order valence-electron chi connectivity index (χ3n) is 3.09. The van der Waals surface area contributed by atoms with Gasteiger partial charge in [-0.25, -0.2) is 0 Å². The summed E-state index contributed by atoms with van der Waals surface area (Å²) in [4.78, 5) is 0. The molecule has 100 valence electrons. The first kappa shape index (κ1) is 18.4. The van der Waals surface area contributed by atoms with Gasteiger partial charge in [0, 0.05) is 0 Å². The lowest BCUT2D eigenvalue weighted by Gasteiger charge is -2.24. The molecular weight excluding hydrogens is 192 g/mol. The van der Waals surface area contributed by atoms with Gasteiger partial charge in [0.15, 0.2) is 0 Å². The lowest BCUT2D eigenvalue weighted by Crippen LogP contribution is -2.12. The van der Waals surface area contributed by atoms with E-state index < -0.39 is 0 Å². The van der Waals surface area contributed by atoms with Crippen LogP contribution < -0.4 is 0 Å². The van der Waals surface area contributed by atoms with Crippen molar-refractivity contribution in [2.45, 2.75) is 92.9 Å². The highest BCUT2D eigenvalue weighted by atomic mass is 14.2. The van der Waals surface area contributed by atoms with E-state index in [9.17, 15) is 0 Å². The summed E-state index contributed by atoms with van der Waals surface area (Å²) in [5.41, 5.74) is 0. The second kappa shape index (κ2) is 15.0. The first-order valence-electron chi connectivity index (χ1n) is 7.63. The van der Waals surface area contributed by atoms with E-state index in [-0.39, 0.29) is 0 Å². The molecule has 0 bridgehead atoms. The van der Waals surface area contributed by atoms with Crippen LogP contribution in [0.4, 0.5) is 0 Å². The van der Waals surface area contributed by atoms with E-state index >= 15 is 0 Å². The maximum Gasteiger partial charge on any atom is -0.0391 e. The van der Waals surface area contributed by atoms with Crippen LogP contribution >= 0.6 is 0 Å². The number of rotatable bonds is 2. The van der Waals surface area contributed by atoms with Crippen molar-refractivity contribution in [1.82, 2.24) is 0 Å². The van der Waals surface area contributed by atoms with Crippen molar-refractivity contribution >= 4 is 0 Å². The highest BCUT2D eigenvalue weighted by Gasteiger charge is 2.15. The van der Waals surface area contributed by atoms with E-state index in [1.807, 2.05) is 0 Å². The van der Waals surface area contributed by atoms with Crippen LogP contribution in [-0.4, -0.2) is 0 Å². The van der Waals surface area contributed by atoms with Crippen molar-refractivity contribution in [2.75, 3.05) is 0 Å². The van der Waals surface area contributed by atoms with Crippen molar-refractivity contribution < 1.29 is 0 Å². The molecule has 0 unspecified atom stereocenters. The Bertz CT molecular complexity index is 96.6. The van der Waals surface area contributed by atoms with E-state index in [2.05, 4.69) is 41.5 Å². The molecule has 0 atom stereocenters. The van der Waals surface area contributed by atoms with E-state index in [0.29, 0.717) is 0 Å². The van der Waals surface area contributed by atoms with Crippen LogP contribution in [0.1, 0.15) is 92.9 Å². The lowest BCUT2D eigenvalue weighted by molar-refractivity contribution is 0.279. The SMILES string of the molecule is CC(C)C1CCCCC1.CCC.CCCC. The molecule has 0 aromatic heterocycles. The Kier molecular flexibility index (Phi) is 17.2. The van der Waals surface area contributed by atoms with Gasteiger partial charge in [0.05, 0.1) is 0 Å². The van der Waals surface area contributed by atoms with Gasteiger partial charge >= 0.3 is 0 Å². The second-order valence-corrected chi connectivity index (χ2v) is 5.35. The van der Waals surface area contributed by atoms with E-state index in [4.69, 9.17) is 0 Å².